The van der Waals surface area contributed by atoms with E-state index in [-0.39, 0.29) is 23.2 Å². The highest BCUT2D eigenvalue weighted by Gasteiger charge is 2.25. The summed E-state index contributed by atoms with van der Waals surface area (Å²) in [6.45, 7) is 9.29. The van der Waals surface area contributed by atoms with Gasteiger partial charge in [-0.3, -0.25) is 4.79 Å². The van der Waals surface area contributed by atoms with Crippen LogP contribution in [0.15, 0.2) is 18.5 Å². The number of H-pyrrole nitrogens is 1. The van der Waals surface area contributed by atoms with Gasteiger partial charge in [0.1, 0.15) is 0 Å². The smallest absolute Gasteiger partial charge is 0.224 e. The first kappa shape index (κ1) is 14.8. The first-order chi connectivity index (χ1) is 8.38. The average Bonchev–Trinajstić information content (AvgIpc) is 2.81. The summed E-state index contributed by atoms with van der Waals surface area (Å²) < 4.78 is 0. The molecule has 1 heterocycles. The van der Waals surface area contributed by atoms with Gasteiger partial charge in [0, 0.05) is 30.9 Å². The molecule has 0 saturated heterocycles. The number of hydrogen-bond donors (Lipinski definition) is 3. The van der Waals surface area contributed by atoms with Crippen LogP contribution in [-0.2, 0) is 10.2 Å². The maximum Gasteiger partial charge on any atom is 0.224 e. The van der Waals surface area contributed by atoms with Crippen molar-refractivity contribution in [3.63, 3.8) is 0 Å². The van der Waals surface area contributed by atoms with Crippen molar-refractivity contribution in [2.24, 2.45) is 17.6 Å². The number of aromatic nitrogens is 1. The second-order valence-corrected chi connectivity index (χ2v) is 5.79. The molecule has 0 aliphatic heterocycles. The predicted molar refractivity (Wildman–Crippen MR) is 74.2 cm³/mol. The second-order valence-electron chi connectivity index (χ2n) is 5.79. The van der Waals surface area contributed by atoms with Crippen LogP contribution in [0.3, 0.4) is 0 Å². The molecular weight excluding hydrogens is 226 g/mol. The van der Waals surface area contributed by atoms with Crippen molar-refractivity contribution >= 4 is 5.91 Å². The minimum Gasteiger partial charge on any atom is -0.367 e. The molecule has 1 rings (SSSR count). The number of aromatic amines is 1. The third kappa shape index (κ3) is 3.60. The van der Waals surface area contributed by atoms with Crippen molar-refractivity contribution in [1.29, 1.82) is 0 Å². The number of carbonyl (C=O) groups is 1. The van der Waals surface area contributed by atoms with Gasteiger partial charge >= 0.3 is 0 Å². The highest BCUT2D eigenvalue weighted by Crippen LogP contribution is 2.21. The van der Waals surface area contributed by atoms with Crippen LogP contribution in [0.25, 0.3) is 0 Å². The van der Waals surface area contributed by atoms with E-state index in [4.69, 9.17) is 5.73 Å². The molecule has 1 amide bonds. The van der Waals surface area contributed by atoms with Crippen molar-refractivity contribution < 1.29 is 4.79 Å². The molecule has 0 spiro atoms. The third-order valence-electron chi connectivity index (χ3n) is 3.48. The van der Waals surface area contributed by atoms with Gasteiger partial charge in [-0.15, -0.1) is 0 Å². The van der Waals surface area contributed by atoms with E-state index in [1.54, 1.807) is 0 Å². The summed E-state index contributed by atoms with van der Waals surface area (Å²) >= 11 is 0. The Balaban J connectivity index is 2.57. The number of nitrogens with two attached hydrogens (primary N) is 1. The lowest BCUT2D eigenvalue weighted by molar-refractivity contribution is -0.126. The minimum atomic E-state index is -0.105. The normalized spacial score (nSPS) is 13.7. The number of amides is 1. The van der Waals surface area contributed by atoms with Crippen molar-refractivity contribution in [3.05, 3.63) is 24.0 Å². The molecule has 1 aromatic heterocycles. The van der Waals surface area contributed by atoms with Gasteiger partial charge in [-0.05, 0) is 17.5 Å². The molecule has 0 fully saturated rings. The first-order valence-corrected chi connectivity index (χ1v) is 6.49. The SMILES string of the molecule is CC(C)C(CN)C(=O)NCC(C)(C)c1cc[nH]c1. The van der Waals surface area contributed by atoms with E-state index in [1.165, 1.54) is 5.56 Å². The zero-order valence-corrected chi connectivity index (χ0v) is 11.8. The average molecular weight is 251 g/mol. The minimum absolute atomic E-state index is 0.0520. The predicted octanol–water partition coefficient (Wildman–Crippen LogP) is 1.64. The van der Waals surface area contributed by atoms with Gasteiger partial charge in [-0.25, -0.2) is 0 Å². The molecule has 4 nitrogen and oxygen atoms in total. The fourth-order valence-corrected chi connectivity index (χ4v) is 1.97. The van der Waals surface area contributed by atoms with Crippen LogP contribution in [0.4, 0.5) is 0 Å². The van der Waals surface area contributed by atoms with Gasteiger partial charge in [-0.2, -0.15) is 0 Å². The van der Waals surface area contributed by atoms with Crippen LogP contribution in [0.5, 0.6) is 0 Å². The fourth-order valence-electron chi connectivity index (χ4n) is 1.97. The summed E-state index contributed by atoms with van der Waals surface area (Å²) in [7, 11) is 0. The van der Waals surface area contributed by atoms with Gasteiger partial charge in [0.25, 0.3) is 0 Å². The number of hydrogen-bond acceptors (Lipinski definition) is 2. The molecule has 1 atom stereocenters. The topological polar surface area (TPSA) is 70.9 Å². The molecule has 0 saturated carbocycles. The Morgan fingerprint density at radius 1 is 1.50 bits per heavy atom. The highest BCUT2D eigenvalue weighted by molar-refractivity contribution is 5.79. The van der Waals surface area contributed by atoms with Crippen LogP contribution < -0.4 is 11.1 Å². The largest absolute Gasteiger partial charge is 0.367 e. The van der Waals surface area contributed by atoms with E-state index < -0.39 is 0 Å². The van der Waals surface area contributed by atoms with E-state index in [9.17, 15) is 4.79 Å². The Morgan fingerprint density at radius 3 is 2.61 bits per heavy atom. The van der Waals surface area contributed by atoms with E-state index in [0.29, 0.717) is 13.1 Å². The summed E-state index contributed by atoms with van der Waals surface area (Å²) in [5.41, 5.74) is 6.76. The van der Waals surface area contributed by atoms with Crippen LogP contribution in [0.1, 0.15) is 33.3 Å². The van der Waals surface area contributed by atoms with E-state index in [1.807, 2.05) is 32.3 Å². The van der Waals surface area contributed by atoms with Crippen LogP contribution in [-0.4, -0.2) is 24.0 Å². The molecule has 0 aromatic carbocycles. The Hall–Kier alpha value is -1.29. The first-order valence-electron chi connectivity index (χ1n) is 6.49. The molecule has 102 valence electrons. The number of nitrogens with one attached hydrogen (secondary N) is 2. The van der Waals surface area contributed by atoms with Crippen molar-refractivity contribution in [1.82, 2.24) is 10.3 Å². The maximum atomic E-state index is 12.0. The third-order valence-corrected chi connectivity index (χ3v) is 3.48. The Morgan fingerprint density at radius 2 is 2.17 bits per heavy atom. The molecular formula is C14H25N3O. The van der Waals surface area contributed by atoms with Gasteiger partial charge in [0.05, 0.1) is 5.92 Å². The molecule has 4 N–H and O–H groups in total. The molecule has 1 aromatic rings. The maximum absolute atomic E-state index is 12.0. The molecule has 1 unspecified atom stereocenters. The van der Waals surface area contributed by atoms with Crippen molar-refractivity contribution in [2.75, 3.05) is 13.1 Å². The highest BCUT2D eigenvalue weighted by atomic mass is 16.1. The summed E-state index contributed by atoms with van der Waals surface area (Å²) in [4.78, 5) is 15.1. The van der Waals surface area contributed by atoms with Crippen molar-refractivity contribution in [2.45, 2.75) is 33.1 Å². The van der Waals surface area contributed by atoms with E-state index >= 15 is 0 Å². The summed E-state index contributed by atoms with van der Waals surface area (Å²) in [6.07, 6.45) is 3.87. The zero-order valence-electron chi connectivity index (χ0n) is 11.8. The van der Waals surface area contributed by atoms with E-state index in [2.05, 4.69) is 24.1 Å². The standard InChI is InChI=1S/C14H25N3O/c1-10(2)12(7-15)13(18)17-9-14(3,4)11-5-6-16-8-11/h5-6,8,10,12,16H,7,9,15H2,1-4H3,(H,17,18). The fraction of sp³-hybridized carbons (Fsp3) is 0.643. The lowest BCUT2D eigenvalue weighted by atomic mass is 9.86. The Labute approximate surface area is 109 Å². The summed E-state index contributed by atoms with van der Waals surface area (Å²) in [6, 6.07) is 2.04. The Bertz CT molecular complexity index is 368. The number of carbonyl (C=O) groups excluding carboxylic acids is 1. The van der Waals surface area contributed by atoms with Gasteiger partial charge in [0.15, 0.2) is 0 Å². The zero-order chi connectivity index (χ0) is 13.8. The number of rotatable bonds is 6. The molecule has 0 bridgehead atoms. The van der Waals surface area contributed by atoms with Crippen LogP contribution in [0, 0.1) is 11.8 Å². The van der Waals surface area contributed by atoms with Crippen LogP contribution in [0.2, 0.25) is 0 Å². The van der Waals surface area contributed by atoms with Gasteiger partial charge in [-0.1, -0.05) is 27.7 Å². The summed E-state index contributed by atoms with van der Waals surface area (Å²) in [5.74, 6) is 0.216. The summed E-state index contributed by atoms with van der Waals surface area (Å²) in [5, 5.41) is 3.01. The lowest BCUT2D eigenvalue weighted by Crippen LogP contribution is -2.43. The molecule has 0 aliphatic carbocycles. The quantitative estimate of drug-likeness (QED) is 0.719. The van der Waals surface area contributed by atoms with Crippen LogP contribution >= 0.6 is 0 Å². The van der Waals surface area contributed by atoms with E-state index in [0.717, 1.165) is 0 Å². The molecule has 4 heteroatoms. The Kier molecular flexibility index (Phi) is 4.96. The molecule has 0 radical (unpaired) electrons. The van der Waals surface area contributed by atoms with Crippen molar-refractivity contribution in [3.8, 4) is 0 Å². The molecule has 0 aliphatic rings. The molecule has 18 heavy (non-hydrogen) atoms. The van der Waals surface area contributed by atoms with Gasteiger partial charge < -0.3 is 16.0 Å². The van der Waals surface area contributed by atoms with Gasteiger partial charge in [0.2, 0.25) is 5.91 Å². The monoisotopic (exact) mass is 251 g/mol. The lowest BCUT2D eigenvalue weighted by Gasteiger charge is -2.26. The second kappa shape index (κ2) is 6.05.